The Morgan fingerprint density at radius 1 is 0.667 bits per heavy atom. The second-order valence-electron chi connectivity index (χ2n) is 5.64. The first-order valence-corrected chi connectivity index (χ1v) is 8.32. The van der Waals surface area contributed by atoms with E-state index in [9.17, 15) is 19.8 Å². The zero-order valence-corrected chi connectivity index (χ0v) is 14.7. The number of aromatic carboxylic acids is 2. The fraction of sp³-hybridized carbons (Fsp3) is 0. The van der Waals surface area contributed by atoms with Gasteiger partial charge in [0.2, 0.25) is 0 Å². The molecule has 0 fully saturated rings. The molecule has 3 aromatic rings. The quantitative estimate of drug-likeness (QED) is 0.466. The number of carbonyl (C=O) groups is 2. The van der Waals surface area contributed by atoms with E-state index in [2.05, 4.69) is 10.6 Å². The molecular formula is C20H15ClN2O4. The zero-order valence-electron chi connectivity index (χ0n) is 13.9. The highest BCUT2D eigenvalue weighted by molar-refractivity contribution is 6.31. The molecule has 0 saturated heterocycles. The summed E-state index contributed by atoms with van der Waals surface area (Å²) in [7, 11) is 0. The van der Waals surface area contributed by atoms with Gasteiger partial charge in [-0.2, -0.15) is 0 Å². The lowest BCUT2D eigenvalue weighted by Crippen LogP contribution is -2.06. The molecule has 4 N–H and O–H groups in total. The maximum absolute atomic E-state index is 11.4. The van der Waals surface area contributed by atoms with E-state index in [0.717, 1.165) is 0 Å². The van der Waals surface area contributed by atoms with E-state index < -0.39 is 11.9 Å². The van der Waals surface area contributed by atoms with Crippen molar-refractivity contribution in [2.75, 3.05) is 10.6 Å². The number of para-hydroxylation sites is 2. The Labute approximate surface area is 160 Å². The predicted molar refractivity (Wildman–Crippen MR) is 105 cm³/mol. The molecule has 3 aromatic carbocycles. The van der Waals surface area contributed by atoms with Crippen LogP contribution in [0.25, 0.3) is 0 Å². The molecule has 0 unspecified atom stereocenters. The summed E-state index contributed by atoms with van der Waals surface area (Å²) >= 11 is 6.09. The van der Waals surface area contributed by atoms with E-state index in [1.165, 1.54) is 12.1 Å². The third-order valence-corrected chi connectivity index (χ3v) is 4.07. The highest BCUT2D eigenvalue weighted by Gasteiger charge is 2.14. The Morgan fingerprint density at radius 2 is 1.15 bits per heavy atom. The molecular weight excluding hydrogens is 368 g/mol. The molecule has 7 heteroatoms. The summed E-state index contributed by atoms with van der Waals surface area (Å²) in [6.07, 6.45) is 0. The number of halogens is 1. The Bertz CT molecular complexity index is 1020. The SMILES string of the molecule is O=C(O)c1ccccc1Nc1ccc(Cl)cc1Nc1ccccc1C(=O)O. The van der Waals surface area contributed by atoms with Crippen LogP contribution in [-0.4, -0.2) is 22.2 Å². The molecule has 0 aliphatic carbocycles. The van der Waals surface area contributed by atoms with Gasteiger partial charge in [-0.3, -0.25) is 0 Å². The van der Waals surface area contributed by atoms with Crippen LogP contribution < -0.4 is 10.6 Å². The molecule has 6 nitrogen and oxygen atoms in total. The number of carboxylic acid groups (broad SMARTS) is 2. The van der Waals surface area contributed by atoms with Crippen LogP contribution in [0.5, 0.6) is 0 Å². The highest BCUT2D eigenvalue weighted by Crippen LogP contribution is 2.33. The van der Waals surface area contributed by atoms with Crippen LogP contribution in [-0.2, 0) is 0 Å². The number of anilines is 4. The number of hydrogen-bond donors (Lipinski definition) is 4. The molecule has 0 bridgehead atoms. The second kappa shape index (κ2) is 7.80. The summed E-state index contributed by atoms with van der Waals surface area (Å²) in [5.41, 5.74) is 2.08. The van der Waals surface area contributed by atoms with Crippen LogP contribution in [0.3, 0.4) is 0 Å². The third kappa shape index (κ3) is 4.19. The molecule has 0 amide bonds. The van der Waals surface area contributed by atoms with Gasteiger partial charge in [-0.25, -0.2) is 9.59 Å². The molecule has 0 radical (unpaired) electrons. The summed E-state index contributed by atoms with van der Waals surface area (Å²) in [5.74, 6) is -2.12. The summed E-state index contributed by atoms with van der Waals surface area (Å²) in [4.78, 5) is 22.8. The van der Waals surface area contributed by atoms with Crippen molar-refractivity contribution < 1.29 is 19.8 Å². The molecule has 0 heterocycles. The van der Waals surface area contributed by atoms with E-state index >= 15 is 0 Å². The van der Waals surface area contributed by atoms with Gasteiger partial charge in [0.1, 0.15) is 0 Å². The largest absolute Gasteiger partial charge is 0.478 e. The first kappa shape index (κ1) is 18.3. The lowest BCUT2D eigenvalue weighted by Gasteiger charge is -2.16. The summed E-state index contributed by atoms with van der Waals surface area (Å²) in [6, 6.07) is 17.9. The van der Waals surface area contributed by atoms with Crippen molar-refractivity contribution in [3.8, 4) is 0 Å². The first-order valence-electron chi connectivity index (χ1n) is 7.94. The molecule has 3 rings (SSSR count). The van der Waals surface area contributed by atoms with Gasteiger partial charge >= 0.3 is 11.9 Å². The van der Waals surface area contributed by atoms with Gasteiger partial charge in [0, 0.05) is 5.02 Å². The van der Waals surface area contributed by atoms with E-state index in [0.29, 0.717) is 27.8 Å². The highest BCUT2D eigenvalue weighted by atomic mass is 35.5. The normalized spacial score (nSPS) is 10.3. The van der Waals surface area contributed by atoms with Gasteiger partial charge in [-0.1, -0.05) is 35.9 Å². The number of rotatable bonds is 6. The van der Waals surface area contributed by atoms with Crippen molar-refractivity contribution in [1.82, 2.24) is 0 Å². The van der Waals surface area contributed by atoms with Gasteiger partial charge in [-0.05, 0) is 42.5 Å². The minimum Gasteiger partial charge on any atom is -0.478 e. The van der Waals surface area contributed by atoms with E-state index in [1.54, 1.807) is 54.6 Å². The summed E-state index contributed by atoms with van der Waals surface area (Å²) in [6.45, 7) is 0. The van der Waals surface area contributed by atoms with Crippen LogP contribution in [0.2, 0.25) is 5.02 Å². The molecule has 0 spiro atoms. The maximum Gasteiger partial charge on any atom is 0.337 e. The molecule has 0 aliphatic heterocycles. The molecule has 0 atom stereocenters. The lowest BCUT2D eigenvalue weighted by molar-refractivity contribution is 0.0687. The predicted octanol–water partition coefficient (Wildman–Crippen LogP) is 5.22. The average molecular weight is 383 g/mol. The Balaban J connectivity index is 2.00. The number of nitrogens with one attached hydrogen (secondary N) is 2. The number of hydrogen-bond acceptors (Lipinski definition) is 4. The van der Waals surface area contributed by atoms with E-state index in [1.807, 2.05) is 0 Å². The maximum atomic E-state index is 11.4. The van der Waals surface area contributed by atoms with Gasteiger partial charge < -0.3 is 20.8 Å². The molecule has 27 heavy (non-hydrogen) atoms. The topological polar surface area (TPSA) is 98.7 Å². The van der Waals surface area contributed by atoms with Crippen LogP contribution in [0, 0.1) is 0 Å². The van der Waals surface area contributed by atoms with Crippen molar-refractivity contribution in [2.24, 2.45) is 0 Å². The minimum absolute atomic E-state index is 0.106. The van der Waals surface area contributed by atoms with Gasteiger partial charge in [0.15, 0.2) is 0 Å². The molecule has 0 saturated carbocycles. The van der Waals surface area contributed by atoms with Crippen molar-refractivity contribution in [3.63, 3.8) is 0 Å². The molecule has 0 aromatic heterocycles. The zero-order chi connectivity index (χ0) is 19.4. The Morgan fingerprint density at radius 3 is 1.67 bits per heavy atom. The minimum atomic E-state index is -1.06. The van der Waals surface area contributed by atoms with E-state index in [4.69, 9.17) is 11.6 Å². The Kier molecular flexibility index (Phi) is 5.28. The van der Waals surface area contributed by atoms with Crippen LogP contribution in [0.15, 0.2) is 66.7 Å². The van der Waals surface area contributed by atoms with Gasteiger partial charge in [0.25, 0.3) is 0 Å². The Hall–Kier alpha value is -3.51. The van der Waals surface area contributed by atoms with Gasteiger partial charge in [0.05, 0.1) is 33.9 Å². The van der Waals surface area contributed by atoms with Crippen LogP contribution >= 0.6 is 11.6 Å². The van der Waals surface area contributed by atoms with Crippen LogP contribution in [0.1, 0.15) is 20.7 Å². The third-order valence-electron chi connectivity index (χ3n) is 3.84. The van der Waals surface area contributed by atoms with E-state index in [-0.39, 0.29) is 11.1 Å². The summed E-state index contributed by atoms with van der Waals surface area (Å²) in [5, 5.41) is 25.3. The molecule has 0 aliphatic rings. The van der Waals surface area contributed by atoms with Crippen LogP contribution in [0.4, 0.5) is 22.7 Å². The fourth-order valence-corrected chi connectivity index (χ4v) is 2.75. The first-order chi connectivity index (χ1) is 13.0. The van der Waals surface area contributed by atoms with Crippen molar-refractivity contribution in [1.29, 1.82) is 0 Å². The van der Waals surface area contributed by atoms with Crippen molar-refractivity contribution in [2.45, 2.75) is 0 Å². The van der Waals surface area contributed by atoms with Gasteiger partial charge in [-0.15, -0.1) is 0 Å². The monoisotopic (exact) mass is 382 g/mol. The standard InChI is InChI=1S/C20H15ClN2O4/c21-12-9-10-17(22-15-7-3-1-5-13(15)19(24)25)18(11-12)23-16-8-4-2-6-14(16)20(26)27/h1-11,22-23H,(H,24,25)(H,26,27). The van der Waals surface area contributed by atoms with Crippen molar-refractivity contribution >= 4 is 46.3 Å². The number of benzene rings is 3. The van der Waals surface area contributed by atoms with Crippen molar-refractivity contribution in [3.05, 3.63) is 82.9 Å². The lowest BCUT2D eigenvalue weighted by atomic mass is 10.1. The molecule has 136 valence electrons. The second-order valence-corrected chi connectivity index (χ2v) is 6.08. The number of carboxylic acids is 2. The fourth-order valence-electron chi connectivity index (χ4n) is 2.58. The summed E-state index contributed by atoms with van der Waals surface area (Å²) < 4.78 is 0. The smallest absolute Gasteiger partial charge is 0.337 e. The average Bonchev–Trinajstić information content (AvgIpc) is 2.64.